The number of carbonyl (C=O) groups is 1. The van der Waals surface area contributed by atoms with E-state index >= 15 is 0 Å². The number of amides is 1. The standard InChI is InChI=1S/C12H14BrNO2/c1-8-6-9(13)2-3-11(8)12(16)14-5-4-10(15)7-14/h2-3,6,10,15H,4-5,7H2,1H3/t10-/m0/s1. The number of rotatable bonds is 1. The average molecular weight is 284 g/mol. The van der Waals surface area contributed by atoms with Gasteiger partial charge in [0.05, 0.1) is 6.10 Å². The number of aryl methyl sites for hydroxylation is 1. The Morgan fingerprint density at radius 1 is 1.56 bits per heavy atom. The minimum absolute atomic E-state index is 0.0153. The molecule has 1 N–H and O–H groups in total. The Bertz CT molecular complexity index is 419. The van der Waals surface area contributed by atoms with Crippen LogP contribution < -0.4 is 0 Å². The van der Waals surface area contributed by atoms with Crippen molar-refractivity contribution in [1.82, 2.24) is 4.90 Å². The van der Waals surface area contributed by atoms with Crippen LogP contribution in [0.2, 0.25) is 0 Å². The van der Waals surface area contributed by atoms with Gasteiger partial charge in [0.2, 0.25) is 0 Å². The lowest BCUT2D eigenvalue weighted by Crippen LogP contribution is -2.30. The number of hydrogen-bond acceptors (Lipinski definition) is 2. The predicted octanol–water partition coefficient (Wildman–Crippen LogP) is 1.96. The summed E-state index contributed by atoms with van der Waals surface area (Å²) in [6, 6.07) is 5.62. The molecular weight excluding hydrogens is 270 g/mol. The van der Waals surface area contributed by atoms with Crippen LogP contribution in [0.3, 0.4) is 0 Å². The minimum atomic E-state index is -0.361. The summed E-state index contributed by atoms with van der Waals surface area (Å²) in [6.45, 7) is 3.02. The molecule has 1 aliphatic heterocycles. The third-order valence-corrected chi connectivity index (χ3v) is 3.36. The normalized spacial score (nSPS) is 20.2. The fourth-order valence-corrected chi connectivity index (χ4v) is 2.44. The molecule has 0 unspecified atom stereocenters. The Balaban J connectivity index is 2.21. The number of benzene rings is 1. The Morgan fingerprint density at radius 3 is 2.88 bits per heavy atom. The monoisotopic (exact) mass is 283 g/mol. The summed E-state index contributed by atoms with van der Waals surface area (Å²) in [5.41, 5.74) is 1.68. The lowest BCUT2D eigenvalue weighted by atomic mass is 10.1. The minimum Gasteiger partial charge on any atom is -0.391 e. The van der Waals surface area contributed by atoms with Crippen LogP contribution in [0.15, 0.2) is 22.7 Å². The second-order valence-electron chi connectivity index (χ2n) is 4.15. The maximum Gasteiger partial charge on any atom is 0.254 e. The van der Waals surface area contributed by atoms with Crippen LogP contribution in [-0.2, 0) is 0 Å². The van der Waals surface area contributed by atoms with Crippen LogP contribution in [0, 0.1) is 6.92 Å². The van der Waals surface area contributed by atoms with Crippen LogP contribution in [0.4, 0.5) is 0 Å². The highest BCUT2D eigenvalue weighted by atomic mass is 79.9. The summed E-state index contributed by atoms with van der Waals surface area (Å²) in [4.78, 5) is 13.8. The first kappa shape index (κ1) is 11.6. The summed E-state index contributed by atoms with van der Waals surface area (Å²) < 4.78 is 0.975. The van der Waals surface area contributed by atoms with E-state index in [9.17, 15) is 9.90 Å². The zero-order valence-corrected chi connectivity index (χ0v) is 10.7. The second-order valence-corrected chi connectivity index (χ2v) is 5.07. The Hall–Kier alpha value is -0.870. The quantitative estimate of drug-likeness (QED) is 0.856. The number of carbonyl (C=O) groups excluding carboxylic acids is 1. The molecule has 4 heteroatoms. The fourth-order valence-electron chi connectivity index (χ4n) is 1.96. The number of β-amino-alcohol motifs (C(OH)–C–C–N with tert-alkyl or cyclic N) is 1. The van der Waals surface area contributed by atoms with E-state index in [0.717, 1.165) is 15.6 Å². The molecule has 0 bridgehead atoms. The average Bonchev–Trinajstić information content (AvgIpc) is 2.64. The van der Waals surface area contributed by atoms with Gasteiger partial charge in [-0.3, -0.25) is 4.79 Å². The van der Waals surface area contributed by atoms with Gasteiger partial charge in [0, 0.05) is 23.1 Å². The molecule has 3 nitrogen and oxygen atoms in total. The number of nitrogens with zero attached hydrogens (tertiary/aromatic N) is 1. The predicted molar refractivity (Wildman–Crippen MR) is 65.4 cm³/mol. The molecule has 2 rings (SSSR count). The number of aliphatic hydroxyl groups is 1. The van der Waals surface area contributed by atoms with Gasteiger partial charge in [-0.1, -0.05) is 15.9 Å². The first-order valence-corrected chi connectivity index (χ1v) is 6.10. The van der Waals surface area contributed by atoms with E-state index in [0.29, 0.717) is 19.5 Å². The zero-order valence-electron chi connectivity index (χ0n) is 9.11. The van der Waals surface area contributed by atoms with Gasteiger partial charge in [-0.2, -0.15) is 0 Å². The van der Waals surface area contributed by atoms with Crippen LogP contribution in [-0.4, -0.2) is 35.1 Å². The Labute approximate surface area is 103 Å². The van der Waals surface area contributed by atoms with Crippen molar-refractivity contribution < 1.29 is 9.90 Å². The first-order valence-electron chi connectivity index (χ1n) is 5.31. The molecule has 0 saturated carbocycles. The van der Waals surface area contributed by atoms with Gasteiger partial charge in [-0.25, -0.2) is 0 Å². The van der Waals surface area contributed by atoms with Crippen LogP contribution in [0.1, 0.15) is 22.3 Å². The molecule has 1 amide bonds. The number of halogens is 1. The topological polar surface area (TPSA) is 40.5 Å². The van der Waals surface area contributed by atoms with E-state index in [4.69, 9.17) is 0 Å². The van der Waals surface area contributed by atoms with E-state index in [1.807, 2.05) is 25.1 Å². The van der Waals surface area contributed by atoms with Gasteiger partial charge in [0.15, 0.2) is 0 Å². The molecule has 0 aromatic heterocycles. The van der Waals surface area contributed by atoms with Crippen molar-refractivity contribution in [1.29, 1.82) is 0 Å². The first-order chi connectivity index (χ1) is 7.58. The van der Waals surface area contributed by atoms with Crippen LogP contribution >= 0.6 is 15.9 Å². The summed E-state index contributed by atoms with van der Waals surface area (Å²) >= 11 is 3.37. The SMILES string of the molecule is Cc1cc(Br)ccc1C(=O)N1CC[C@H](O)C1. The van der Waals surface area contributed by atoms with E-state index in [-0.39, 0.29) is 12.0 Å². The highest BCUT2D eigenvalue weighted by Crippen LogP contribution is 2.19. The molecular formula is C12H14BrNO2. The molecule has 1 atom stereocenters. The molecule has 1 aromatic rings. The van der Waals surface area contributed by atoms with Crippen LogP contribution in [0.25, 0.3) is 0 Å². The van der Waals surface area contributed by atoms with Crippen molar-refractivity contribution in [3.63, 3.8) is 0 Å². The second kappa shape index (κ2) is 4.55. The summed E-state index contributed by atoms with van der Waals surface area (Å²) in [7, 11) is 0. The summed E-state index contributed by atoms with van der Waals surface area (Å²) in [6.07, 6.45) is 0.320. The Morgan fingerprint density at radius 2 is 2.31 bits per heavy atom. The van der Waals surface area contributed by atoms with E-state index in [1.54, 1.807) is 4.90 Å². The molecule has 1 aromatic carbocycles. The molecule has 1 aliphatic rings. The van der Waals surface area contributed by atoms with E-state index in [1.165, 1.54) is 0 Å². The third kappa shape index (κ3) is 2.28. The van der Waals surface area contributed by atoms with E-state index in [2.05, 4.69) is 15.9 Å². The lowest BCUT2D eigenvalue weighted by molar-refractivity contribution is 0.0764. The van der Waals surface area contributed by atoms with Crippen molar-refractivity contribution in [2.24, 2.45) is 0 Å². The number of hydrogen-bond donors (Lipinski definition) is 1. The van der Waals surface area contributed by atoms with Crippen molar-refractivity contribution in [2.45, 2.75) is 19.4 Å². The van der Waals surface area contributed by atoms with Crippen molar-refractivity contribution in [3.8, 4) is 0 Å². The van der Waals surface area contributed by atoms with Gasteiger partial charge < -0.3 is 10.0 Å². The maximum absolute atomic E-state index is 12.1. The van der Waals surface area contributed by atoms with Crippen molar-refractivity contribution >= 4 is 21.8 Å². The maximum atomic E-state index is 12.1. The van der Waals surface area contributed by atoms with Crippen LogP contribution in [0.5, 0.6) is 0 Å². The molecule has 1 fully saturated rings. The molecule has 0 radical (unpaired) electrons. The molecule has 0 aliphatic carbocycles. The largest absolute Gasteiger partial charge is 0.391 e. The number of likely N-dealkylation sites (tertiary alicyclic amines) is 1. The molecule has 0 spiro atoms. The molecule has 1 heterocycles. The highest BCUT2D eigenvalue weighted by Gasteiger charge is 2.25. The van der Waals surface area contributed by atoms with Gasteiger partial charge in [0.1, 0.15) is 0 Å². The van der Waals surface area contributed by atoms with Gasteiger partial charge in [0.25, 0.3) is 5.91 Å². The molecule has 16 heavy (non-hydrogen) atoms. The molecule has 1 saturated heterocycles. The zero-order chi connectivity index (χ0) is 11.7. The van der Waals surface area contributed by atoms with Crippen molar-refractivity contribution in [2.75, 3.05) is 13.1 Å². The molecule has 86 valence electrons. The van der Waals surface area contributed by atoms with Gasteiger partial charge in [-0.05, 0) is 37.1 Å². The lowest BCUT2D eigenvalue weighted by Gasteiger charge is -2.16. The third-order valence-electron chi connectivity index (χ3n) is 2.87. The van der Waals surface area contributed by atoms with Gasteiger partial charge >= 0.3 is 0 Å². The summed E-state index contributed by atoms with van der Waals surface area (Å²) in [5.74, 6) is 0.0153. The number of aliphatic hydroxyl groups excluding tert-OH is 1. The van der Waals surface area contributed by atoms with Gasteiger partial charge in [-0.15, -0.1) is 0 Å². The van der Waals surface area contributed by atoms with Crippen molar-refractivity contribution in [3.05, 3.63) is 33.8 Å². The summed E-state index contributed by atoms with van der Waals surface area (Å²) in [5, 5.41) is 9.41. The highest BCUT2D eigenvalue weighted by molar-refractivity contribution is 9.10. The fraction of sp³-hybridized carbons (Fsp3) is 0.417. The Kier molecular flexibility index (Phi) is 3.30. The smallest absolute Gasteiger partial charge is 0.254 e. The van der Waals surface area contributed by atoms with E-state index < -0.39 is 0 Å².